The lowest BCUT2D eigenvalue weighted by Crippen LogP contribution is -2.41. The number of pyridine rings is 1. The maximum Gasteiger partial charge on any atom is 0.306 e. The first-order valence-electron chi connectivity index (χ1n) is 11.8. The van der Waals surface area contributed by atoms with Gasteiger partial charge in [0.1, 0.15) is 12.4 Å². The van der Waals surface area contributed by atoms with Crippen LogP contribution in [-0.2, 0) is 20.7 Å². The van der Waals surface area contributed by atoms with Gasteiger partial charge in [-0.05, 0) is 49.9 Å². The minimum atomic E-state index is -0.291. The Labute approximate surface area is 205 Å². The van der Waals surface area contributed by atoms with Crippen LogP contribution in [0.25, 0.3) is 0 Å². The second-order valence-corrected chi connectivity index (χ2v) is 8.22. The van der Waals surface area contributed by atoms with Crippen LogP contribution in [0, 0.1) is 5.92 Å². The molecule has 0 bridgehead atoms. The summed E-state index contributed by atoms with van der Waals surface area (Å²) in [5.41, 5.74) is 8.12. The number of benzene rings is 1. The molecule has 0 aliphatic carbocycles. The molecule has 1 aliphatic rings. The van der Waals surface area contributed by atoms with Crippen LogP contribution < -0.4 is 20.7 Å². The summed E-state index contributed by atoms with van der Waals surface area (Å²) in [7, 11) is 0. The van der Waals surface area contributed by atoms with Crippen molar-refractivity contribution in [2.75, 3.05) is 37.7 Å². The van der Waals surface area contributed by atoms with Crippen LogP contribution in [0.15, 0.2) is 47.9 Å². The van der Waals surface area contributed by atoms with Crippen molar-refractivity contribution in [1.82, 2.24) is 10.3 Å². The maximum absolute atomic E-state index is 12.6. The van der Waals surface area contributed by atoms with Gasteiger partial charge in [0.25, 0.3) is 0 Å². The third kappa shape index (κ3) is 7.59. The largest absolute Gasteiger partial charge is 0.491 e. The number of hydrogen-bond acceptors (Lipinski definition) is 8. The monoisotopic (exact) mass is 483 g/mol. The number of aromatic nitrogens is 1. The molecule has 0 unspecified atom stereocenters. The van der Waals surface area contributed by atoms with Crippen molar-refractivity contribution in [3.63, 3.8) is 0 Å². The molecule has 2 heterocycles. The van der Waals surface area contributed by atoms with Gasteiger partial charge in [-0.2, -0.15) is 0 Å². The van der Waals surface area contributed by atoms with Gasteiger partial charge in [0.2, 0.25) is 5.91 Å². The van der Waals surface area contributed by atoms with Gasteiger partial charge < -0.3 is 30.6 Å². The fourth-order valence-electron chi connectivity index (χ4n) is 4.02. The quantitative estimate of drug-likeness (QED) is 0.110. The number of piperidine rings is 1. The van der Waals surface area contributed by atoms with Gasteiger partial charge in [0.15, 0.2) is 5.84 Å². The van der Waals surface area contributed by atoms with Crippen LogP contribution in [0.5, 0.6) is 5.75 Å². The lowest BCUT2D eigenvalue weighted by Gasteiger charge is -2.32. The van der Waals surface area contributed by atoms with Gasteiger partial charge in [0.05, 0.1) is 13.2 Å². The fraction of sp³-hybridized carbons (Fsp3) is 0.440. The van der Waals surface area contributed by atoms with E-state index in [0.29, 0.717) is 30.9 Å². The molecule has 4 N–H and O–H groups in total. The van der Waals surface area contributed by atoms with Crippen LogP contribution in [-0.4, -0.2) is 60.8 Å². The summed E-state index contributed by atoms with van der Waals surface area (Å²) in [5.74, 6) is 0.172. The molecule has 3 rings (SSSR count). The number of ether oxygens (including phenoxy) is 2. The highest BCUT2D eigenvalue weighted by Crippen LogP contribution is 2.24. The Kier molecular flexibility index (Phi) is 9.70. The number of rotatable bonds is 11. The average Bonchev–Trinajstić information content (AvgIpc) is 2.90. The smallest absolute Gasteiger partial charge is 0.306 e. The second-order valence-electron chi connectivity index (χ2n) is 8.22. The summed E-state index contributed by atoms with van der Waals surface area (Å²) in [6.07, 6.45) is 5.76. The van der Waals surface area contributed by atoms with Crippen molar-refractivity contribution in [3.8, 4) is 5.75 Å². The zero-order valence-electron chi connectivity index (χ0n) is 20.0. The third-order valence-electron chi connectivity index (χ3n) is 5.93. The van der Waals surface area contributed by atoms with Crippen LogP contribution in [0.2, 0.25) is 0 Å². The first-order chi connectivity index (χ1) is 17.0. The highest BCUT2D eigenvalue weighted by atomic mass is 16.5. The molecule has 0 saturated carbocycles. The minimum absolute atomic E-state index is 0.0240. The Bertz CT molecular complexity index is 1010. The zero-order chi connectivity index (χ0) is 25.0. The molecule has 10 nitrogen and oxygen atoms in total. The van der Waals surface area contributed by atoms with Crippen molar-refractivity contribution >= 4 is 23.4 Å². The molecule has 188 valence electrons. The number of nitrogens with zero attached hydrogens (tertiary/aromatic N) is 3. The van der Waals surface area contributed by atoms with E-state index in [1.54, 1.807) is 37.5 Å². The average molecular weight is 484 g/mol. The minimum Gasteiger partial charge on any atom is -0.491 e. The Morgan fingerprint density at radius 2 is 1.97 bits per heavy atom. The highest BCUT2D eigenvalue weighted by Gasteiger charge is 2.24. The van der Waals surface area contributed by atoms with E-state index in [0.717, 1.165) is 37.2 Å². The molecule has 0 spiro atoms. The first kappa shape index (κ1) is 25.8. The predicted molar refractivity (Wildman–Crippen MR) is 132 cm³/mol. The molecular formula is C25H33N5O5. The van der Waals surface area contributed by atoms with Gasteiger partial charge in [0, 0.05) is 49.1 Å². The Balaban J connectivity index is 1.49. The number of nitrogens with two attached hydrogens (primary N) is 1. The summed E-state index contributed by atoms with van der Waals surface area (Å²) in [6, 6.07) is 9.09. The number of carbonyl (C=O) groups is 2. The van der Waals surface area contributed by atoms with E-state index < -0.39 is 0 Å². The Hall–Kier alpha value is -3.82. The van der Waals surface area contributed by atoms with Crippen molar-refractivity contribution in [3.05, 3.63) is 53.9 Å². The molecule has 1 fully saturated rings. The number of carbonyl (C=O) groups excluding carboxylic acids is 2. The normalized spacial score (nSPS) is 14.4. The Morgan fingerprint density at radius 1 is 1.23 bits per heavy atom. The Morgan fingerprint density at radius 3 is 2.66 bits per heavy atom. The van der Waals surface area contributed by atoms with Crippen LogP contribution >= 0.6 is 0 Å². The third-order valence-corrected chi connectivity index (χ3v) is 5.93. The van der Waals surface area contributed by atoms with E-state index in [2.05, 4.69) is 20.4 Å². The summed E-state index contributed by atoms with van der Waals surface area (Å²) in [5, 5.41) is 15.0. The standard InChI is InChI=1S/C25H33N5O5/c1-2-34-23(31)6-5-18-3-4-20(24(26)29-33)17-22(18)35-16-13-28-25(32)19-9-14-30(15-10-19)21-7-11-27-12-8-21/h3-4,7-8,11-12,17,19,33H,2,5-6,9-10,13-16H2,1H3,(H2,26,29)(H,28,32). The number of hydrogen-bond donors (Lipinski definition) is 3. The number of amides is 1. The second kappa shape index (κ2) is 13.2. The lowest BCUT2D eigenvalue weighted by atomic mass is 9.95. The van der Waals surface area contributed by atoms with Crippen molar-refractivity contribution in [2.45, 2.75) is 32.6 Å². The van der Waals surface area contributed by atoms with Crippen LogP contribution in [0.4, 0.5) is 5.69 Å². The highest BCUT2D eigenvalue weighted by molar-refractivity contribution is 5.97. The molecule has 1 amide bonds. The topological polar surface area (TPSA) is 139 Å². The van der Waals surface area contributed by atoms with Gasteiger partial charge >= 0.3 is 5.97 Å². The molecule has 35 heavy (non-hydrogen) atoms. The SMILES string of the molecule is CCOC(=O)CCc1ccc(C(N)=NO)cc1OCCNC(=O)C1CCN(c2ccncc2)CC1. The molecule has 10 heteroatoms. The molecule has 0 atom stereocenters. The summed E-state index contributed by atoms with van der Waals surface area (Å²) < 4.78 is 10.9. The number of esters is 1. The van der Waals surface area contributed by atoms with Gasteiger partial charge in [-0.1, -0.05) is 17.3 Å². The molecular weight excluding hydrogens is 450 g/mol. The van der Waals surface area contributed by atoms with E-state index in [9.17, 15) is 9.59 Å². The summed E-state index contributed by atoms with van der Waals surface area (Å²) in [4.78, 5) is 30.7. The molecule has 1 aliphatic heterocycles. The van der Waals surface area contributed by atoms with Crippen molar-refractivity contribution < 1.29 is 24.3 Å². The number of nitrogens with one attached hydrogen (secondary N) is 1. The number of aryl methyl sites for hydroxylation is 1. The fourth-order valence-corrected chi connectivity index (χ4v) is 4.02. The number of amidine groups is 1. The van der Waals surface area contributed by atoms with Crippen LogP contribution in [0.1, 0.15) is 37.3 Å². The van der Waals surface area contributed by atoms with Gasteiger partial charge in [-0.15, -0.1) is 0 Å². The number of oxime groups is 1. The molecule has 1 aromatic carbocycles. The van der Waals surface area contributed by atoms with E-state index in [-0.39, 0.29) is 36.7 Å². The zero-order valence-corrected chi connectivity index (χ0v) is 20.0. The van der Waals surface area contributed by atoms with Gasteiger partial charge in [-0.3, -0.25) is 14.6 Å². The molecule has 2 aromatic rings. The molecule has 1 aromatic heterocycles. The molecule has 0 radical (unpaired) electrons. The van der Waals surface area contributed by atoms with E-state index in [1.165, 1.54) is 0 Å². The number of anilines is 1. The van der Waals surface area contributed by atoms with Crippen LogP contribution in [0.3, 0.4) is 0 Å². The van der Waals surface area contributed by atoms with E-state index in [4.69, 9.17) is 20.4 Å². The van der Waals surface area contributed by atoms with Crippen molar-refractivity contribution in [2.24, 2.45) is 16.8 Å². The summed E-state index contributed by atoms with van der Waals surface area (Å²) >= 11 is 0. The van der Waals surface area contributed by atoms with E-state index in [1.807, 2.05) is 12.1 Å². The van der Waals surface area contributed by atoms with E-state index >= 15 is 0 Å². The van der Waals surface area contributed by atoms with Crippen molar-refractivity contribution in [1.29, 1.82) is 0 Å². The first-order valence-corrected chi connectivity index (χ1v) is 11.8. The lowest BCUT2D eigenvalue weighted by molar-refractivity contribution is -0.143. The summed E-state index contributed by atoms with van der Waals surface area (Å²) in [6.45, 7) is 4.32. The predicted octanol–water partition coefficient (Wildman–Crippen LogP) is 2.08. The van der Waals surface area contributed by atoms with Gasteiger partial charge in [-0.25, -0.2) is 0 Å². The maximum atomic E-state index is 12.6. The molecule has 1 saturated heterocycles.